The van der Waals surface area contributed by atoms with Gasteiger partial charge in [0.15, 0.2) is 0 Å². The fourth-order valence-corrected chi connectivity index (χ4v) is 6.07. The molecule has 6 heteroatoms. The maximum atomic E-state index is 12.7. The first-order chi connectivity index (χ1) is 11.5. The number of sulfonamides is 1. The molecule has 24 heavy (non-hydrogen) atoms. The summed E-state index contributed by atoms with van der Waals surface area (Å²) in [6, 6.07) is 6.47. The van der Waals surface area contributed by atoms with E-state index >= 15 is 0 Å². The number of benzene rings is 1. The Bertz CT molecular complexity index is 724. The molecule has 0 aromatic heterocycles. The number of piperazine rings is 1. The van der Waals surface area contributed by atoms with Gasteiger partial charge in [0.2, 0.25) is 10.0 Å². The number of rotatable bonds is 4. The number of hydrogen-bond acceptors (Lipinski definition) is 2. The van der Waals surface area contributed by atoms with Crippen molar-refractivity contribution < 1.29 is 13.3 Å². The average Bonchev–Trinajstić information content (AvgIpc) is 3.19. The first-order valence-corrected chi connectivity index (χ1v) is 10.6. The summed E-state index contributed by atoms with van der Waals surface area (Å²) in [5.41, 5.74) is 0. The summed E-state index contributed by atoms with van der Waals surface area (Å²) in [6.45, 7) is 4.23. The van der Waals surface area contributed by atoms with E-state index in [1.54, 1.807) is 33.5 Å². The van der Waals surface area contributed by atoms with E-state index in [-0.39, 0.29) is 0 Å². The second kappa shape index (κ2) is 6.45. The van der Waals surface area contributed by atoms with Gasteiger partial charge < -0.3 is 4.90 Å². The van der Waals surface area contributed by atoms with Gasteiger partial charge in [0.25, 0.3) is 0 Å². The number of hydrogen-bond donors (Lipinski definition) is 1. The highest BCUT2D eigenvalue weighted by Crippen LogP contribution is 2.42. The molecule has 0 spiro atoms. The van der Waals surface area contributed by atoms with Gasteiger partial charge >= 0.3 is 0 Å². The van der Waals surface area contributed by atoms with E-state index in [4.69, 9.17) is 11.6 Å². The van der Waals surface area contributed by atoms with E-state index in [0.717, 1.165) is 30.8 Å². The molecule has 4 rings (SSSR count). The first kappa shape index (κ1) is 16.6. The second-order valence-electron chi connectivity index (χ2n) is 7.35. The predicted molar refractivity (Wildman–Crippen MR) is 94.6 cm³/mol. The Balaban J connectivity index is 1.35. The molecule has 1 aliphatic heterocycles. The summed E-state index contributed by atoms with van der Waals surface area (Å²) in [5, 5.41) is 0.558. The van der Waals surface area contributed by atoms with Gasteiger partial charge in [-0.1, -0.05) is 23.8 Å². The first-order valence-electron chi connectivity index (χ1n) is 8.80. The topological polar surface area (TPSA) is 41.8 Å². The van der Waals surface area contributed by atoms with Crippen LogP contribution in [0.15, 0.2) is 41.3 Å². The van der Waals surface area contributed by atoms with Crippen molar-refractivity contribution in [2.45, 2.75) is 17.7 Å². The third-order valence-corrected chi connectivity index (χ3v) is 8.01. The van der Waals surface area contributed by atoms with Crippen LogP contribution >= 0.6 is 11.6 Å². The maximum absolute atomic E-state index is 12.7. The van der Waals surface area contributed by atoms with Crippen molar-refractivity contribution in [3.63, 3.8) is 0 Å². The smallest absolute Gasteiger partial charge is 0.243 e. The van der Waals surface area contributed by atoms with Gasteiger partial charge in [0.1, 0.15) is 0 Å². The lowest BCUT2D eigenvalue weighted by Crippen LogP contribution is -3.15. The SMILES string of the molecule is O=S(=O)(c1ccc(Cl)cc1)N1CC[NH+](C[C@H]2C[C@@H]3C=C[C@H]2C3)CC1. The number of nitrogens with one attached hydrogen (secondary N) is 1. The average molecular weight is 368 g/mol. The van der Waals surface area contributed by atoms with Gasteiger partial charge in [-0.15, -0.1) is 0 Å². The second-order valence-corrected chi connectivity index (χ2v) is 9.73. The van der Waals surface area contributed by atoms with E-state index in [9.17, 15) is 8.42 Å². The van der Waals surface area contributed by atoms with Gasteiger partial charge in [-0.25, -0.2) is 8.42 Å². The van der Waals surface area contributed by atoms with E-state index in [1.807, 2.05) is 0 Å². The summed E-state index contributed by atoms with van der Waals surface area (Å²) in [5.74, 6) is 2.39. The number of halogens is 1. The molecule has 130 valence electrons. The van der Waals surface area contributed by atoms with Crippen LogP contribution in [0.25, 0.3) is 0 Å². The highest BCUT2D eigenvalue weighted by molar-refractivity contribution is 7.89. The lowest BCUT2D eigenvalue weighted by Gasteiger charge is -2.33. The minimum Gasteiger partial charge on any atom is -0.332 e. The van der Waals surface area contributed by atoms with E-state index in [2.05, 4.69) is 12.2 Å². The molecule has 3 atom stereocenters. The molecule has 4 nitrogen and oxygen atoms in total. The molecular formula is C18H24ClN2O2S+. The van der Waals surface area contributed by atoms with Crippen molar-refractivity contribution in [3.05, 3.63) is 41.4 Å². The fourth-order valence-electron chi connectivity index (χ4n) is 4.50. The zero-order valence-corrected chi connectivity index (χ0v) is 15.3. The lowest BCUT2D eigenvalue weighted by molar-refractivity contribution is -0.907. The molecule has 2 fully saturated rings. The van der Waals surface area contributed by atoms with E-state index < -0.39 is 10.0 Å². The van der Waals surface area contributed by atoms with Gasteiger partial charge in [-0.2, -0.15) is 4.31 Å². The van der Waals surface area contributed by atoms with Gasteiger partial charge in [-0.05, 0) is 48.9 Å². The lowest BCUT2D eigenvalue weighted by atomic mass is 9.93. The Morgan fingerprint density at radius 2 is 1.79 bits per heavy atom. The van der Waals surface area contributed by atoms with Crippen LogP contribution < -0.4 is 4.90 Å². The van der Waals surface area contributed by atoms with Crippen LogP contribution in [0.3, 0.4) is 0 Å². The third kappa shape index (κ3) is 3.15. The Kier molecular flexibility index (Phi) is 4.45. The highest BCUT2D eigenvalue weighted by Gasteiger charge is 2.39. The number of allylic oxidation sites excluding steroid dienone is 2. The van der Waals surface area contributed by atoms with Crippen LogP contribution in [0.1, 0.15) is 12.8 Å². The minimum atomic E-state index is -3.39. The zero-order valence-electron chi connectivity index (χ0n) is 13.7. The van der Waals surface area contributed by atoms with Crippen molar-refractivity contribution in [2.24, 2.45) is 17.8 Å². The number of quaternary nitrogens is 1. The predicted octanol–water partition coefficient (Wildman–Crippen LogP) is 1.44. The molecule has 1 aromatic rings. The van der Waals surface area contributed by atoms with E-state index in [1.165, 1.54) is 19.4 Å². The summed E-state index contributed by atoms with van der Waals surface area (Å²) < 4.78 is 27.1. The molecular weight excluding hydrogens is 344 g/mol. The van der Waals surface area contributed by atoms with Crippen LogP contribution in [-0.2, 0) is 10.0 Å². The summed E-state index contributed by atoms with van der Waals surface area (Å²) in [6.07, 6.45) is 7.46. The van der Waals surface area contributed by atoms with Crippen molar-refractivity contribution in [3.8, 4) is 0 Å². The van der Waals surface area contributed by atoms with Gasteiger partial charge in [-0.3, -0.25) is 0 Å². The Morgan fingerprint density at radius 3 is 2.38 bits per heavy atom. The van der Waals surface area contributed by atoms with E-state index in [0.29, 0.717) is 23.0 Å². The van der Waals surface area contributed by atoms with Gasteiger partial charge in [0.05, 0.1) is 37.6 Å². The molecule has 2 aliphatic carbocycles. The standard InChI is InChI=1S/C18H23ClN2O2S/c19-17-3-5-18(6-4-17)24(22,23)21-9-7-20(8-10-21)13-16-12-14-1-2-15(16)11-14/h1-6,14-16H,7-13H2/p+1/t14-,15+,16-/m1/s1. The van der Waals surface area contributed by atoms with Crippen LogP contribution in [0.4, 0.5) is 0 Å². The van der Waals surface area contributed by atoms with Gasteiger partial charge in [0, 0.05) is 10.9 Å². The Hall–Kier alpha value is -0.880. The maximum Gasteiger partial charge on any atom is 0.243 e. The largest absolute Gasteiger partial charge is 0.332 e. The minimum absolute atomic E-state index is 0.341. The normalized spacial score (nSPS) is 31.0. The molecule has 1 heterocycles. The molecule has 2 bridgehead atoms. The summed E-state index contributed by atoms with van der Waals surface area (Å²) >= 11 is 5.86. The molecule has 3 aliphatic rings. The molecule has 0 amide bonds. The number of nitrogens with zero attached hydrogens (tertiary/aromatic N) is 1. The molecule has 1 saturated heterocycles. The zero-order chi connectivity index (χ0) is 16.7. The monoisotopic (exact) mass is 367 g/mol. The third-order valence-electron chi connectivity index (χ3n) is 5.85. The van der Waals surface area contributed by atoms with Crippen molar-refractivity contribution >= 4 is 21.6 Å². The van der Waals surface area contributed by atoms with Crippen LogP contribution in [0.2, 0.25) is 5.02 Å². The molecule has 1 aromatic carbocycles. The Labute approximate surface area is 149 Å². The Morgan fingerprint density at radius 1 is 1.08 bits per heavy atom. The summed E-state index contributed by atoms with van der Waals surface area (Å²) in [7, 11) is -3.39. The molecule has 1 N–H and O–H groups in total. The molecule has 0 unspecified atom stereocenters. The fraction of sp³-hybridized carbons (Fsp3) is 0.556. The van der Waals surface area contributed by atoms with Crippen LogP contribution in [0, 0.1) is 17.8 Å². The van der Waals surface area contributed by atoms with Crippen LogP contribution in [-0.4, -0.2) is 45.4 Å². The van der Waals surface area contributed by atoms with Crippen LogP contribution in [0.5, 0.6) is 0 Å². The van der Waals surface area contributed by atoms with Crippen molar-refractivity contribution in [2.75, 3.05) is 32.7 Å². The quantitative estimate of drug-likeness (QED) is 0.818. The highest BCUT2D eigenvalue weighted by atomic mass is 35.5. The van der Waals surface area contributed by atoms with Crippen molar-refractivity contribution in [1.82, 2.24) is 4.31 Å². The molecule has 1 saturated carbocycles. The number of fused-ring (bicyclic) bond motifs is 2. The van der Waals surface area contributed by atoms with Crippen molar-refractivity contribution in [1.29, 1.82) is 0 Å². The summed E-state index contributed by atoms with van der Waals surface area (Å²) in [4.78, 5) is 1.90. The molecule has 0 radical (unpaired) electrons.